The molecule has 0 amide bonds. The summed E-state index contributed by atoms with van der Waals surface area (Å²) < 4.78 is 0. The smallest absolute Gasteiger partial charge is 0.138 e. The van der Waals surface area contributed by atoms with E-state index in [2.05, 4.69) is 19.6 Å². The Labute approximate surface area is 74.2 Å². The van der Waals surface area contributed by atoms with Crippen LogP contribution in [0, 0.1) is 11.3 Å². The van der Waals surface area contributed by atoms with Gasteiger partial charge in [-0.15, -0.1) is 5.73 Å². The number of hydrogen-bond acceptors (Lipinski definition) is 1. The van der Waals surface area contributed by atoms with Gasteiger partial charge in [0.25, 0.3) is 0 Å². The van der Waals surface area contributed by atoms with Crippen molar-refractivity contribution in [2.24, 2.45) is 11.3 Å². The first-order valence-electron chi connectivity index (χ1n) is 4.32. The number of allylic oxidation sites excluding steroid dienone is 1. The highest BCUT2D eigenvalue weighted by Crippen LogP contribution is 2.57. The van der Waals surface area contributed by atoms with Crippen LogP contribution in [-0.4, -0.2) is 5.78 Å². The zero-order chi connectivity index (χ0) is 9.52. The summed E-state index contributed by atoms with van der Waals surface area (Å²) in [5, 5.41) is 0. The van der Waals surface area contributed by atoms with Gasteiger partial charge in [0.05, 0.1) is 5.92 Å². The van der Waals surface area contributed by atoms with Crippen LogP contribution in [0.5, 0.6) is 0 Å². The maximum absolute atomic E-state index is 11.1. The molecule has 1 aliphatic rings. The standard InChI is InChI=1S/C11H16O/c1-7(2)6-9-10(8(3)12)11(9,4)5/h10H,1-5H3. The molecule has 1 heteroatoms. The highest BCUT2D eigenvalue weighted by Gasteiger charge is 2.55. The highest BCUT2D eigenvalue weighted by atomic mass is 16.1. The monoisotopic (exact) mass is 164 g/mol. The van der Waals surface area contributed by atoms with Crippen molar-refractivity contribution >= 4 is 5.78 Å². The molecule has 0 aromatic rings. The first kappa shape index (κ1) is 9.28. The van der Waals surface area contributed by atoms with Crippen LogP contribution in [-0.2, 0) is 4.79 Å². The lowest BCUT2D eigenvalue weighted by Gasteiger charge is -1.93. The summed E-state index contributed by atoms with van der Waals surface area (Å²) in [6.07, 6.45) is 0. The van der Waals surface area contributed by atoms with Gasteiger partial charge in [-0.25, -0.2) is 0 Å². The Hall–Kier alpha value is -0.810. The van der Waals surface area contributed by atoms with Crippen molar-refractivity contribution in [1.29, 1.82) is 0 Å². The van der Waals surface area contributed by atoms with E-state index in [0.717, 1.165) is 5.57 Å². The lowest BCUT2D eigenvalue weighted by molar-refractivity contribution is -0.118. The summed E-state index contributed by atoms with van der Waals surface area (Å²) in [6, 6.07) is 0. The number of carbonyl (C=O) groups is 1. The Morgan fingerprint density at radius 2 is 1.83 bits per heavy atom. The molecular formula is C11H16O. The van der Waals surface area contributed by atoms with Gasteiger partial charge < -0.3 is 0 Å². The number of carbonyl (C=O) groups excluding carboxylic acids is 1. The third-order valence-corrected chi connectivity index (χ3v) is 2.41. The fourth-order valence-corrected chi connectivity index (χ4v) is 1.76. The molecule has 1 fully saturated rings. The van der Waals surface area contributed by atoms with Gasteiger partial charge in [-0.3, -0.25) is 4.79 Å². The van der Waals surface area contributed by atoms with Crippen molar-refractivity contribution in [2.75, 3.05) is 0 Å². The van der Waals surface area contributed by atoms with Gasteiger partial charge in [-0.1, -0.05) is 13.8 Å². The van der Waals surface area contributed by atoms with Crippen LogP contribution in [0.3, 0.4) is 0 Å². The maximum Gasteiger partial charge on any atom is 0.138 e. The summed E-state index contributed by atoms with van der Waals surface area (Å²) >= 11 is 0. The number of hydrogen-bond donors (Lipinski definition) is 0. The minimum Gasteiger partial charge on any atom is -0.299 e. The molecule has 1 atom stereocenters. The maximum atomic E-state index is 11.1. The van der Waals surface area contributed by atoms with E-state index in [9.17, 15) is 4.79 Å². The lowest BCUT2D eigenvalue weighted by Crippen LogP contribution is -1.99. The van der Waals surface area contributed by atoms with Gasteiger partial charge in [0.2, 0.25) is 0 Å². The van der Waals surface area contributed by atoms with E-state index in [1.54, 1.807) is 6.92 Å². The fraction of sp³-hybridized carbons (Fsp3) is 0.636. The second-order valence-electron chi connectivity index (χ2n) is 4.30. The van der Waals surface area contributed by atoms with Crippen LogP contribution in [0.2, 0.25) is 0 Å². The summed E-state index contributed by atoms with van der Waals surface area (Å²) in [7, 11) is 0. The van der Waals surface area contributed by atoms with E-state index >= 15 is 0 Å². The minimum atomic E-state index is 0.0725. The van der Waals surface area contributed by atoms with Crippen LogP contribution in [0.1, 0.15) is 34.6 Å². The van der Waals surface area contributed by atoms with Crippen molar-refractivity contribution in [3.8, 4) is 0 Å². The molecule has 0 N–H and O–H groups in total. The Morgan fingerprint density at radius 3 is 2.08 bits per heavy atom. The molecule has 1 rings (SSSR count). The first-order valence-corrected chi connectivity index (χ1v) is 4.32. The van der Waals surface area contributed by atoms with Crippen molar-refractivity contribution in [1.82, 2.24) is 0 Å². The van der Waals surface area contributed by atoms with Gasteiger partial charge in [-0.2, -0.15) is 0 Å². The molecule has 0 heterocycles. The third-order valence-electron chi connectivity index (χ3n) is 2.41. The Morgan fingerprint density at radius 1 is 1.33 bits per heavy atom. The summed E-state index contributed by atoms with van der Waals surface area (Å²) in [5.74, 6) is 0.399. The lowest BCUT2D eigenvalue weighted by atomic mass is 10.1. The predicted octanol–water partition coefficient (Wildman–Crippen LogP) is 2.72. The number of ketones is 1. The first-order chi connectivity index (χ1) is 5.37. The molecule has 66 valence electrons. The van der Waals surface area contributed by atoms with Crippen LogP contribution < -0.4 is 0 Å². The van der Waals surface area contributed by atoms with Crippen molar-refractivity contribution < 1.29 is 4.79 Å². The second-order valence-corrected chi connectivity index (χ2v) is 4.30. The quantitative estimate of drug-likeness (QED) is 0.544. The van der Waals surface area contributed by atoms with Crippen molar-refractivity contribution in [3.63, 3.8) is 0 Å². The van der Waals surface area contributed by atoms with Crippen LogP contribution in [0.25, 0.3) is 0 Å². The molecule has 1 saturated carbocycles. The summed E-state index contributed by atoms with van der Waals surface area (Å²) in [5.41, 5.74) is 5.65. The molecule has 0 saturated heterocycles. The third kappa shape index (κ3) is 1.37. The van der Waals surface area contributed by atoms with Gasteiger partial charge in [0.1, 0.15) is 5.78 Å². The van der Waals surface area contributed by atoms with E-state index in [-0.39, 0.29) is 17.1 Å². The largest absolute Gasteiger partial charge is 0.299 e. The van der Waals surface area contributed by atoms with Crippen LogP contribution >= 0.6 is 0 Å². The summed E-state index contributed by atoms with van der Waals surface area (Å²) in [6.45, 7) is 9.89. The number of Topliss-reactive ketones (excluding diaryl/α,β-unsaturated/α-hetero) is 1. The molecule has 1 aliphatic carbocycles. The molecule has 0 spiro atoms. The molecule has 0 aromatic carbocycles. The average Bonchev–Trinajstić information content (AvgIpc) is 2.32. The molecule has 0 bridgehead atoms. The van der Waals surface area contributed by atoms with Crippen LogP contribution in [0.15, 0.2) is 16.9 Å². The number of rotatable bonds is 1. The molecule has 0 radical (unpaired) electrons. The SMILES string of the molecule is CC(=O)C1C(=C=C(C)C)C1(C)C. The molecule has 1 nitrogen and oxygen atoms in total. The predicted molar refractivity (Wildman–Crippen MR) is 49.8 cm³/mol. The molecule has 0 aromatic heterocycles. The zero-order valence-corrected chi connectivity index (χ0v) is 8.49. The van der Waals surface area contributed by atoms with E-state index < -0.39 is 0 Å². The average molecular weight is 164 g/mol. The van der Waals surface area contributed by atoms with Gasteiger partial charge >= 0.3 is 0 Å². The second kappa shape index (κ2) is 2.60. The van der Waals surface area contributed by atoms with Gasteiger partial charge in [-0.05, 0) is 31.9 Å². The Bertz CT molecular complexity index is 284. The zero-order valence-electron chi connectivity index (χ0n) is 8.49. The normalized spacial score (nSPS) is 24.8. The Balaban J connectivity index is 3.03. The van der Waals surface area contributed by atoms with Crippen molar-refractivity contribution in [2.45, 2.75) is 34.6 Å². The summed E-state index contributed by atoms with van der Waals surface area (Å²) in [4.78, 5) is 11.1. The van der Waals surface area contributed by atoms with E-state index in [1.165, 1.54) is 5.57 Å². The van der Waals surface area contributed by atoms with E-state index in [4.69, 9.17) is 0 Å². The fourth-order valence-electron chi connectivity index (χ4n) is 1.76. The van der Waals surface area contributed by atoms with E-state index in [0.29, 0.717) is 0 Å². The van der Waals surface area contributed by atoms with Gasteiger partial charge in [0.15, 0.2) is 0 Å². The molecular weight excluding hydrogens is 148 g/mol. The highest BCUT2D eigenvalue weighted by molar-refractivity contribution is 5.88. The minimum absolute atomic E-state index is 0.0725. The molecule has 1 unspecified atom stereocenters. The molecule has 12 heavy (non-hydrogen) atoms. The van der Waals surface area contributed by atoms with Gasteiger partial charge in [0, 0.05) is 5.41 Å². The molecule has 0 aliphatic heterocycles. The van der Waals surface area contributed by atoms with Crippen LogP contribution in [0.4, 0.5) is 0 Å². The van der Waals surface area contributed by atoms with Crippen molar-refractivity contribution in [3.05, 3.63) is 16.9 Å². The van der Waals surface area contributed by atoms with E-state index in [1.807, 2.05) is 13.8 Å². The Kier molecular flexibility index (Phi) is 2.01. The topological polar surface area (TPSA) is 17.1 Å².